The zero-order chi connectivity index (χ0) is 16.2. The number of halogens is 1. The lowest BCUT2D eigenvalue weighted by Crippen LogP contribution is -2.31. The van der Waals surface area contributed by atoms with Gasteiger partial charge in [-0.15, -0.1) is 0 Å². The van der Waals surface area contributed by atoms with Gasteiger partial charge in [0, 0.05) is 21.7 Å². The van der Waals surface area contributed by atoms with Crippen molar-refractivity contribution in [1.29, 1.82) is 0 Å². The summed E-state index contributed by atoms with van der Waals surface area (Å²) in [6.45, 7) is 1.83. The molecule has 0 saturated carbocycles. The van der Waals surface area contributed by atoms with E-state index in [1.54, 1.807) is 6.20 Å². The first-order valence-electron chi connectivity index (χ1n) is 7.30. The summed E-state index contributed by atoms with van der Waals surface area (Å²) in [7, 11) is 0. The molecule has 23 heavy (non-hydrogen) atoms. The van der Waals surface area contributed by atoms with Crippen LogP contribution >= 0.6 is 15.9 Å². The van der Waals surface area contributed by atoms with Gasteiger partial charge >= 0.3 is 0 Å². The van der Waals surface area contributed by atoms with E-state index in [-0.39, 0.29) is 11.9 Å². The molecule has 0 saturated heterocycles. The van der Waals surface area contributed by atoms with E-state index in [2.05, 4.69) is 31.5 Å². The van der Waals surface area contributed by atoms with Gasteiger partial charge in [-0.1, -0.05) is 22.0 Å². The van der Waals surface area contributed by atoms with Crippen molar-refractivity contribution in [2.75, 3.05) is 10.6 Å². The number of carbonyl (C=O) groups excluding carboxylic acids is 1. The molecule has 4 nitrogen and oxygen atoms in total. The maximum atomic E-state index is 12.4. The number of amides is 1. The fourth-order valence-corrected chi connectivity index (χ4v) is 2.58. The van der Waals surface area contributed by atoms with Crippen molar-refractivity contribution < 1.29 is 4.79 Å². The van der Waals surface area contributed by atoms with Crippen LogP contribution in [0.2, 0.25) is 0 Å². The third kappa shape index (κ3) is 3.68. The summed E-state index contributed by atoms with van der Waals surface area (Å²) in [5.74, 6) is -0.0933. The Kier molecular flexibility index (Phi) is 4.57. The zero-order valence-electron chi connectivity index (χ0n) is 12.6. The number of benzene rings is 2. The highest BCUT2D eigenvalue weighted by molar-refractivity contribution is 9.10. The van der Waals surface area contributed by atoms with E-state index in [9.17, 15) is 4.79 Å². The third-order valence-electron chi connectivity index (χ3n) is 3.52. The van der Waals surface area contributed by atoms with Crippen molar-refractivity contribution in [3.8, 4) is 0 Å². The van der Waals surface area contributed by atoms with E-state index in [1.165, 1.54) is 0 Å². The summed E-state index contributed by atoms with van der Waals surface area (Å²) in [6.07, 6.45) is 1.74. The van der Waals surface area contributed by atoms with Gasteiger partial charge in [-0.3, -0.25) is 9.78 Å². The molecule has 0 fully saturated rings. The second-order valence-electron chi connectivity index (χ2n) is 5.24. The average molecular weight is 370 g/mol. The molecule has 0 aliphatic heterocycles. The van der Waals surface area contributed by atoms with E-state index < -0.39 is 0 Å². The largest absolute Gasteiger partial charge is 0.374 e. The molecule has 1 aromatic heterocycles. The number of nitrogens with one attached hydrogen (secondary N) is 2. The highest BCUT2D eigenvalue weighted by atomic mass is 79.9. The molecule has 2 N–H and O–H groups in total. The molecule has 3 rings (SSSR count). The number of hydrogen-bond donors (Lipinski definition) is 2. The molecule has 0 spiro atoms. The van der Waals surface area contributed by atoms with Gasteiger partial charge in [-0.2, -0.15) is 0 Å². The molecule has 116 valence electrons. The molecule has 5 heteroatoms. The Morgan fingerprint density at radius 1 is 1.09 bits per heavy atom. The molecule has 0 bridgehead atoms. The summed E-state index contributed by atoms with van der Waals surface area (Å²) in [5, 5.41) is 7.08. The molecule has 2 aromatic carbocycles. The predicted molar refractivity (Wildman–Crippen MR) is 97.6 cm³/mol. The Morgan fingerprint density at radius 2 is 1.87 bits per heavy atom. The van der Waals surface area contributed by atoms with Gasteiger partial charge in [0.05, 0.1) is 11.2 Å². The van der Waals surface area contributed by atoms with Crippen molar-refractivity contribution in [3.05, 3.63) is 65.3 Å². The van der Waals surface area contributed by atoms with Gasteiger partial charge in [0.25, 0.3) is 0 Å². The maximum Gasteiger partial charge on any atom is 0.246 e. The number of anilines is 2. The minimum atomic E-state index is -0.358. The number of rotatable bonds is 4. The molecule has 0 aliphatic carbocycles. The van der Waals surface area contributed by atoms with Crippen LogP contribution in [0.5, 0.6) is 0 Å². The van der Waals surface area contributed by atoms with E-state index in [0.717, 1.165) is 26.8 Å². The number of pyridine rings is 1. The van der Waals surface area contributed by atoms with Gasteiger partial charge in [-0.05, 0) is 55.5 Å². The fourth-order valence-electron chi connectivity index (χ4n) is 2.31. The molecule has 0 radical (unpaired) electrons. The number of fused-ring (bicyclic) bond motifs is 1. The third-order valence-corrected chi connectivity index (χ3v) is 4.05. The Bertz CT molecular complexity index is 828. The number of carbonyl (C=O) groups is 1. The fraction of sp³-hybridized carbons (Fsp3) is 0.111. The van der Waals surface area contributed by atoms with Gasteiger partial charge < -0.3 is 10.6 Å². The van der Waals surface area contributed by atoms with Crippen LogP contribution in [0.15, 0.2) is 65.3 Å². The lowest BCUT2D eigenvalue weighted by Gasteiger charge is -2.16. The first kappa shape index (κ1) is 15.5. The maximum absolute atomic E-state index is 12.4. The Labute approximate surface area is 143 Å². The monoisotopic (exact) mass is 369 g/mol. The summed E-state index contributed by atoms with van der Waals surface area (Å²) in [4.78, 5) is 16.7. The topological polar surface area (TPSA) is 54.0 Å². The molecule has 1 amide bonds. The normalized spacial score (nSPS) is 11.9. The number of aromatic nitrogens is 1. The molecular formula is C18H16BrN3O. The van der Waals surface area contributed by atoms with Crippen molar-refractivity contribution in [2.24, 2.45) is 0 Å². The van der Waals surface area contributed by atoms with Gasteiger partial charge in [-0.25, -0.2) is 0 Å². The minimum Gasteiger partial charge on any atom is -0.374 e. The highest BCUT2D eigenvalue weighted by Crippen LogP contribution is 2.22. The minimum absolute atomic E-state index is 0.0933. The van der Waals surface area contributed by atoms with Crippen molar-refractivity contribution in [2.45, 2.75) is 13.0 Å². The van der Waals surface area contributed by atoms with Crippen LogP contribution in [0.25, 0.3) is 10.9 Å². The van der Waals surface area contributed by atoms with Crippen LogP contribution in [0.4, 0.5) is 11.4 Å². The molecular weight excluding hydrogens is 354 g/mol. The SMILES string of the molecule is CC(Nc1ccc(Br)cc1)C(=O)Nc1cccc2ncccc12. The van der Waals surface area contributed by atoms with Gasteiger partial charge in [0.15, 0.2) is 0 Å². The van der Waals surface area contributed by atoms with Crippen LogP contribution in [-0.2, 0) is 4.79 Å². The Hall–Kier alpha value is -2.40. The average Bonchev–Trinajstić information content (AvgIpc) is 2.57. The first-order chi connectivity index (χ1) is 11.1. The van der Waals surface area contributed by atoms with E-state index >= 15 is 0 Å². The van der Waals surface area contributed by atoms with Crippen molar-refractivity contribution in [3.63, 3.8) is 0 Å². The van der Waals surface area contributed by atoms with Crippen LogP contribution in [0.3, 0.4) is 0 Å². The first-order valence-corrected chi connectivity index (χ1v) is 8.09. The lowest BCUT2D eigenvalue weighted by atomic mass is 10.1. The van der Waals surface area contributed by atoms with Crippen molar-refractivity contribution >= 4 is 44.1 Å². The van der Waals surface area contributed by atoms with Gasteiger partial charge in [0.1, 0.15) is 6.04 Å². The highest BCUT2D eigenvalue weighted by Gasteiger charge is 2.14. The van der Waals surface area contributed by atoms with Crippen LogP contribution < -0.4 is 10.6 Å². The molecule has 1 unspecified atom stereocenters. The summed E-state index contributed by atoms with van der Waals surface area (Å²) >= 11 is 3.39. The van der Waals surface area contributed by atoms with Crippen LogP contribution in [0.1, 0.15) is 6.92 Å². The van der Waals surface area contributed by atoms with Crippen LogP contribution in [0, 0.1) is 0 Å². The molecule has 3 aromatic rings. The summed E-state index contributed by atoms with van der Waals surface area (Å²) < 4.78 is 1.00. The van der Waals surface area contributed by atoms with Crippen LogP contribution in [-0.4, -0.2) is 16.9 Å². The quantitative estimate of drug-likeness (QED) is 0.714. The second-order valence-corrected chi connectivity index (χ2v) is 6.15. The summed E-state index contributed by atoms with van der Waals surface area (Å²) in [5.41, 5.74) is 2.53. The molecule has 0 aliphatic rings. The smallest absolute Gasteiger partial charge is 0.246 e. The predicted octanol–water partition coefficient (Wildman–Crippen LogP) is 4.44. The summed E-state index contributed by atoms with van der Waals surface area (Å²) in [6, 6.07) is 16.9. The zero-order valence-corrected chi connectivity index (χ0v) is 14.2. The molecule has 1 heterocycles. The van der Waals surface area contributed by atoms with E-state index in [4.69, 9.17) is 0 Å². The van der Waals surface area contributed by atoms with Crippen molar-refractivity contribution in [1.82, 2.24) is 4.98 Å². The lowest BCUT2D eigenvalue weighted by molar-refractivity contribution is -0.116. The van der Waals surface area contributed by atoms with E-state index in [0.29, 0.717) is 0 Å². The van der Waals surface area contributed by atoms with E-state index in [1.807, 2.05) is 61.5 Å². The molecule has 1 atom stereocenters. The van der Waals surface area contributed by atoms with Gasteiger partial charge in [0.2, 0.25) is 5.91 Å². The number of nitrogens with zero attached hydrogens (tertiary/aromatic N) is 1. The second kappa shape index (κ2) is 6.79. The Morgan fingerprint density at radius 3 is 2.65 bits per heavy atom. The number of hydrogen-bond acceptors (Lipinski definition) is 3. The Balaban J connectivity index is 1.74. The standard InChI is InChI=1S/C18H16BrN3O/c1-12(21-14-9-7-13(19)8-10-14)18(23)22-17-6-2-5-16-15(17)4-3-11-20-16/h2-12,21H,1H3,(H,22,23).